The van der Waals surface area contributed by atoms with Gasteiger partial charge in [-0.05, 0) is 61.2 Å². The lowest BCUT2D eigenvalue weighted by Gasteiger charge is -2.06. The number of aryl methyl sites for hydroxylation is 2. The maximum atomic E-state index is 14.0. The minimum absolute atomic E-state index is 0.172. The first-order valence-corrected chi connectivity index (χ1v) is 9.12. The summed E-state index contributed by atoms with van der Waals surface area (Å²) in [6.45, 7) is 3.34. The number of amides is 1. The number of aliphatic hydroxyl groups excluding tert-OH is 1. The molecule has 7 heteroatoms. The third kappa shape index (κ3) is 4.35. The van der Waals surface area contributed by atoms with Crippen LogP contribution >= 0.6 is 0 Å². The summed E-state index contributed by atoms with van der Waals surface area (Å²) in [5.74, 6) is -2.48. The van der Waals surface area contributed by atoms with Gasteiger partial charge in [0.25, 0.3) is 0 Å². The van der Waals surface area contributed by atoms with Gasteiger partial charge in [0.05, 0.1) is 12.1 Å². The Hall–Kier alpha value is -3.06. The third-order valence-corrected chi connectivity index (χ3v) is 4.85. The number of nitrogens with one attached hydrogen (secondary N) is 2. The second-order valence-corrected chi connectivity index (χ2v) is 6.84. The van der Waals surface area contributed by atoms with Crippen LogP contribution in [0.3, 0.4) is 0 Å². The standard InChI is InChI=1S/C22H21F3N2O2/c1-12-3-5-17(23)22-21(12)15(13(2)27-22)7-8-26-20(29)6-4-14-9-18(24)16(11-28)19(25)10-14/h3-6,9-10,27-28H,7-8,11H2,1-2H3,(H,26,29). The summed E-state index contributed by atoms with van der Waals surface area (Å²) in [7, 11) is 0. The van der Waals surface area contributed by atoms with Gasteiger partial charge in [-0.25, -0.2) is 13.2 Å². The minimum atomic E-state index is -0.870. The van der Waals surface area contributed by atoms with E-state index in [1.807, 2.05) is 13.8 Å². The molecule has 2 aromatic carbocycles. The van der Waals surface area contributed by atoms with Crippen molar-refractivity contribution in [2.24, 2.45) is 0 Å². The molecule has 0 spiro atoms. The predicted octanol–water partition coefficient (Wildman–Crippen LogP) is 4.07. The van der Waals surface area contributed by atoms with Crippen LogP contribution in [0.2, 0.25) is 0 Å². The number of carbonyl (C=O) groups is 1. The number of aromatic nitrogens is 1. The SMILES string of the molecule is Cc1[nH]c2c(F)ccc(C)c2c1CCNC(=O)C=Cc1cc(F)c(CO)c(F)c1. The van der Waals surface area contributed by atoms with E-state index in [1.54, 1.807) is 6.07 Å². The molecule has 1 aromatic heterocycles. The van der Waals surface area contributed by atoms with E-state index in [1.165, 1.54) is 18.2 Å². The average molecular weight is 402 g/mol. The minimum Gasteiger partial charge on any atom is -0.391 e. The summed E-state index contributed by atoms with van der Waals surface area (Å²) >= 11 is 0. The fourth-order valence-electron chi connectivity index (χ4n) is 3.37. The van der Waals surface area contributed by atoms with Crippen molar-refractivity contribution in [3.05, 3.63) is 75.7 Å². The fourth-order valence-corrected chi connectivity index (χ4v) is 3.37. The van der Waals surface area contributed by atoms with Gasteiger partial charge < -0.3 is 15.4 Å². The van der Waals surface area contributed by atoms with E-state index < -0.39 is 29.7 Å². The van der Waals surface area contributed by atoms with Crippen LogP contribution in [0.4, 0.5) is 13.2 Å². The van der Waals surface area contributed by atoms with Gasteiger partial charge in [-0.2, -0.15) is 0 Å². The van der Waals surface area contributed by atoms with Crippen LogP contribution in [-0.4, -0.2) is 22.5 Å². The largest absolute Gasteiger partial charge is 0.391 e. The van der Waals surface area contributed by atoms with E-state index in [9.17, 15) is 18.0 Å². The molecule has 3 rings (SSSR count). The first kappa shape index (κ1) is 20.7. The molecule has 0 saturated heterocycles. The molecule has 1 heterocycles. The molecule has 0 bridgehead atoms. The highest BCUT2D eigenvalue weighted by molar-refractivity contribution is 5.92. The van der Waals surface area contributed by atoms with Crippen molar-refractivity contribution in [3.63, 3.8) is 0 Å². The summed E-state index contributed by atoms with van der Waals surface area (Å²) in [4.78, 5) is 15.1. The maximum Gasteiger partial charge on any atom is 0.244 e. The summed E-state index contributed by atoms with van der Waals surface area (Å²) in [6.07, 6.45) is 2.98. The summed E-state index contributed by atoms with van der Waals surface area (Å²) in [5, 5.41) is 12.4. The monoisotopic (exact) mass is 402 g/mol. The van der Waals surface area contributed by atoms with Crippen LogP contribution < -0.4 is 5.32 Å². The summed E-state index contributed by atoms with van der Waals surface area (Å²) in [5.41, 5.74) is 2.94. The van der Waals surface area contributed by atoms with Gasteiger partial charge in [-0.3, -0.25) is 4.79 Å². The molecule has 3 N–H and O–H groups in total. The molecule has 0 saturated carbocycles. The van der Waals surface area contributed by atoms with E-state index in [0.29, 0.717) is 18.5 Å². The van der Waals surface area contributed by atoms with Crippen LogP contribution in [0, 0.1) is 31.3 Å². The van der Waals surface area contributed by atoms with Gasteiger partial charge >= 0.3 is 0 Å². The quantitative estimate of drug-likeness (QED) is 0.545. The molecule has 4 nitrogen and oxygen atoms in total. The lowest BCUT2D eigenvalue weighted by molar-refractivity contribution is -0.116. The number of rotatable bonds is 6. The second-order valence-electron chi connectivity index (χ2n) is 6.84. The van der Waals surface area contributed by atoms with Gasteiger partial charge in [-0.1, -0.05) is 6.07 Å². The number of aromatic amines is 1. The summed E-state index contributed by atoms with van der Waals surface area (Å²) in [6, 6.07) is 5.23. The molecule has 0 fully saturated rings. The number of carbonyl (C=O) groups excluding carboxylic acids is 1. The number of fused-ring (bicyclic) bond motifs is 1. The summed E-state index contributed by atoms with van der Waals surface area (Å²) < 4.78 is 41.3. The fraction of sp³-hybridized carbons (Fsp3) is 0.227. The first-order chi connectivity index (χ1) is 13.8. The Kier molecular flexibility index (Phi) is 6.08. The Bertz CT molecular complexity index is 1080. The Morgan fingerprint density at radius 2 is 1.79 bits per heavy atom. The van der Waals surface area contributed by atoms with Gasteiger partial charge in [0, 0.05) is 29.3 Å². The maximum absolute atomic E-state index is 14.0. The smallest absolute Gasteiger partial charge is 0.244 e. The number of H-pyrrole nitrogens is 1. The van der Waals surface area contributed by atoms with Crippen LogP contribution in [0.5, 0.6) is 0 Å². The zero-order valence-corrected chi connectivity index (χ0v) is 16.1. The van der Waals surface area contributed by atoms with Crippen molar-refractivity contribution in [1.82, 2.24) is 10.3 Å². The molecule has 0 aliphatic rings. The van der Waals surface area contributed by atoms with Crippen molar-refractivity contribution in [3.8, 4) is 0 Å². The molecular weight excluding hydrogens is 381 g/mol. The molecule has 0 radical (unpaired) electrons. The lowest BCUT2D eigenvalue weighted by atomic mass is 10.0. The van der Waals surface area contributed by atoms with E-state index in [-0.39, 0.29) is 11.4 Å². The van der Waals surface area contributed by atoms with Gasteiger partial charge in [-0.15, -0.1) is 0 Å². The highest BCUT2D eigenvalue weighted by Gasteiger charge is 2.14. The normalized spacial score (nSPS) is 11.5. The Balaban J connectivity index is 1.65. The number of aliphatic hydroxyl groups is 1. The molecule has 3 aromatic rings. The molecule has 0 aliphatic carbocycles. The Morgan fingerprint density at radius 3 is 2.45 bits per heavy atom. The zero-order valence-electron chi connectivity index (χ0n) is 16.1. The molecule has 0 atom stereocenters. The van der Waals surface area contributed by atoms with Crippen molar-refractivity contribution in [1.29, 1.82) is 0 Å². The van der Waals surface area contributed by atoms with Crippen molar-refractivity contribution < 1.29 is 23.1 Å². The van der Waals surface area contributed by atoms with Gasteiger partial charge in [0.15, 0.2) is 0 Å². The van der Waals surface area contributed by atoms with Crippen LogP contribution in [0.15, 0.2) is 30.3 Å². The highest BCUT2D eigenvalue weighted by Crippen LogP contribution is 2.27. The average Bonchev–Trinajstić information content (AvgIpc) is 3.01. The van der Waals surface area contributed by atoms with Crippen molar-refractivity contribution >= 4 is 22.9 Å². The van der Waals surface area contributed by atoms with Crippen LogP contribution in [-0.2, 0) is 17.8 Å². The number of benzene rings is 2. The number of hydrogen-bond donors (Lipinski definition) is 3. The molecule has 29 heavy (non-hydrogen) atoms. The van der Waals surface area contributed by atoms with Crippen molar-refractivity contribution in [2.75, 3.05) is 6.54 Å². The molecule has 1 amide bonds. The van der Waals surface area contributed by atoms with Gasteiger partial charge in [0.2, 0.25) is 5.91 Å². The lowest BCUT2D eigenvalue weighted by Crippen LogP contribution is -2.23. The second kappa shape index (κ2) is 8.53. The van der Waals surface area contributed by atoms with Crippen LogP contribution in [0.25, 0.3) is 17.0 Å². The zero-order chi connectivity index (χ0) is 21.1. The van der Waals surface area contributed by atoms with E-state index in [2.05, 4.69) is 10.3 Å². The molecule has 0 aliphatic heterocycles. The first-order valence-electron chi connectivity index (χ1n) is 9.12. The number of halogens is 3. The Labute approximate surface area is 166 Å². The molecule has 0 unspecified atom stereocenters. The van der Waals surface area contributed by atoms with Crippen LogP contribution in [0.1, 0.15) is 27.9 Å². The Morgan fingerprint density at radius 1 is 1.10 bits per heavy atom. The van der Waals surface area contributed by atoms with E-state index in [4.69, 9.17) is 5.11 Å². The van der Waals surface area contributed by atoms with Crippen molar-refractivity contribution in [2.45, 2.75) is 26.9 Å². The number of hydrogen-bond acceptors (Lipinski definition) is 2. The van der Waals surface area contributed by atoms with Gasteiger partial charge in [0.1, 0.15) is 17.5 Å². The highest BCUT2D eigenvalue weighted by atomic mass is 19.1. The topological polar surface area (TPSA) is 65.1 Å². The third-order valence-electron chi connectivity index (χ3n) is 4.85. The van der Waals surface area contributed by atoms with E-state index >= 15 is 0 Å². The predicted molar refractivity (Wildman–Crippen MR) is 106 cm³/mol. The molecular formula is C22H21F3N2O2. The molecule has 152 valence electrons. The van der Waals surface area contributed by atoms with E-state index in [0.717, 1.165) is 34.3 Å².